The lowest BCUT2D eigenvalue weighted by Gasteiger charge is -2.50. The Labute approximate surface area is 382 Å². The molecule has 3 heterocycles. The summed E-state index contributed by atoms with van der Waals surface area (Å²) in [7, 11) is -2.34. The maximum Gasteiger partial charge on any atom is 0.113 e. The minimum atomic E-state index is -2.34. The molecule has 0 saturated heterocycles. The van der Waals surface area contributed by atoms with Gasteiger partial charge in [-0.1, -0.05) is 165 Å². The zero-order valence-corrected chi connectivity index (χ0v) is 37.9. The molecule has 0 N–H and O–H groups in total. The van der Waals surface area contributed by atoms with E-state index < -0.39 is 13.5 Å². The van der Waals surface area contributed by atoms with Crippen LogP contribution in [0.5, 0.6) is 0 Å². The minimum absolute atomic E-state index is 0.496. The summed E-state index contributed by atoms with van der Waals surface area (Å²) in [6.07, 6.45) is 0. The molecule has 2 aromatic heterocycles. The van der Waals surface area contributed by atoms with Crippen LogP contribution in [-0.4, -0.2) is 12.6 Å². The molecule has 0 fully saturated rings. The maximum atomic E-state index is 2.60. The topological polar surface area (TPSA) is 8.17 Å². The second-order valence-electron chi connectivity index (χ2n) is 18.4. The van der Waals surface area contributed by atoms with Crippen molar-refractivity contribution in [2.75, 3.05) is 4.90 Å². The largest absolute Gasteiger partial charge is 0.310 e. The molecule has 0 radical (unpaired) electrons. The first kappa shape index (κ1) is 36.9. The third-order valence-corrected chi connectivity index (χ3v) is 19.5. The van der Waals surface area contributed by atoms with Crippen LogP contribution in [0.3, 0.4) is 0 Å². The van der Waals surface area contributed by atoms with Gasteiger partial charge in [0, 0.05) is 48.0 Å². The molecule has 2 nitrogen and oxygen atoms in total. The highest BCUT2D eigenvalue weighted by atomic mass is 32.1. The molecule has 1 spiro atoms. The van der Waals surface area contributed by atoms with E-state index in [1.165, 1.54) is 108 Å². The molecule has 1 aliphatic carbocycles. The lowest BCUT2D eigenvalue weighted by Crippen LogP contribution is -2.63. The first-order valence-electron chi connectivity index (χ1n) is 22.7. The van der Waals surface area contributed by atoms with Crippen molar-refractivity contribution in [2.24, 2.45) is 0 Å². The van der Waals surface area contributed by atoms with Gasteiger partial charge in [-0.15, -0.1) is 11.3 Å². The molecule has 0 amide bonds. The fraction of sp³-hybridized carbons (Fsp3) is 0.0492. The van der Waals surface area contributed by atoms with E-state index in [4.69, 9.17) is 0 Å². The number of rotatable bonds is 4. The molecule has 2 aliphatic rings. The number of nitrogens with zero attached hydrogens (tertiary/aromatic N) is 2. The number of para-hydroxylation sites is 2. The zero-order chi connectivity index (χ0) is 43.0. The molecule has 1 atom stereocenters. The van der Waals surface area contributed by atoms with Gasteiger partial charge in [-0.25, -0.2) is 0 Å². The van der Waals surface area contributed by atoms with Crippen molar-refractivity contribution in [1.29, 1.82) is 0 Å². The highest BCUT2D eigenvalue weighted by Gasteiger charge is 2.52. The Bertz CT molecular complexity index is 3950. The van der Waals surface area contributed by atoms with Gasteiger partial charge in [0.15, 0.2) is 0 Å². The van der Waals surface area contributed by atoms with Crippen LogP contribution in [0, 0.1) is 0 Å². The van der Waals surface area contributed by atoms with Gasteiger partial charge in [-0.05, 0) is 121 Å². The van der Waals surface area contributed by atoms with Gasteiger partial charge >= 0.3 is 0 Å². The van der Waals surface area contributed by atoms with E-state index in [9.17, 15) is 0 Å². The molecule has 0 bridgehead atoms. The Morgan fingerprint density at radius 1 is 0.431 bits per heavy atom. The van der Waals surface area contributed by atoms with Crippen molar-refractivity contribution in [3.63, 3.8) is 0 Å². The highest BCUT2D eigenvalue weighted by molar-refractivity contribution is 7.26. The van der Waals surface area contributed by atoms with Crippen molar-refractivity contribution in [3.8, 4) is 16.8 Å². The van der Waals surface area contributed by atoms with Crippen LogP contribution in [0.4, 0.5) is 17.1 Å². The monoisotopic (exact) mass is 862 g/mol. The van der Waals surface area contributed by atoms with Gasteiger partial charge in [0.1, 0.15) is 8.07 Å². The summed E-state index contributed by atoms with van der Waals surface area (Å²) in [5, 5.41) is 10.7. The van der Waals surface area contributed by atoms with Crippen molar-refractivity contribution >= 4 is 99.6 Å². The van der Waals surface area contributed by atoms with Gasteiger partial charge < -0.3 is 9.47 Å². The average molecular weight is 863 g/mol. The normalized spacial score (nSPS) is 15.7. The van der Waals surface area contributed by atoms with E-state index in [1.807, 2.05) is 11.3 Å². The predicted octanol–water partition coefficient (Wildman–Crippen LogP) is 15.3. The molecule has 12 aromatic rings. The molecule has 4 heteroatoms. The Kier molecular flexibility index (Phi) is 7.67. The fourth-order valence-corrected chi connectivity index (χ4v) is 16.5. The summed E-state index contributed by atoms with van der Waals surface area (Å²) in [6, 6.07) is 82.7. The van der Waals surface area contributed by atoms with Gasteiger partial charge in [0.05, 0.1) is 22.1 Å². The molecule has 306 valence electrons. The first-order chi connectivity index (χ1) is 32.0. The van der Waals surface area contributed by atoms with Crippen molar-refractivity contribution < 1.29 is 0 Å². The molecule has 0 saturated carbocycles. The Morgan fingerprint density at radius 2 is 1.06 bits per heavy atom. The maximum absolute atomic E-state index is 2.60. The molecule has 65 heavy (non-hydrogen) atoms. The zero-order valence-electron chi connectivity index (χ0n) is 36.1. The van der Waals surface area contributed by atoms with Crippen LogP contribution in [0.15, 0.2) is 218 Å². The fourth-order valence-electron chi connectivity index (χ4n) is 12.1. The number of aromatic nitrogens is 1. The minimum Gasteiger partial charge on any atom is -0.310 e. The molecular formula is C61H42N2SSi. The molecular weight excluding hydrogens is 821 g/mol. The van der Waals surface area contributed by atoms with E-state index in [-0.39, 0.29) is 0 Å². The second-order valence-corrected chi connectivity index (χ2v) is 23.8. The van der Waals surface area contributed by atoms with E-state index in [0.717, 1.165) is 11.4 Å². The smallest absolute Gasteiger partial charge is 0.113 e. The van der Waals surface area contributed by atoms with Gasteiger partial charge in [-0.2, -0.15) is 0 Å². The first-order valence-corrected chi connectivity index (χ1v) is 26.5. The number of benzene rings is 10. The van der Waals surface area contributed by atoms with Crippen molar-refractivity contribution in [1.82, 2.24) is 4.57 Å². The lowest BCUT2D eigenvalue weighted by atomic mass is 9.59. The Morgan fingerprint density at radius 3 is 1.95 bits per heavy atom. The van der Waals surface area contributed by atoms with Crippen molar-refractivity contribution in [2.45, 2.75) is 18.5 Å². The third kappa shape index (κ3) is 4.93. The van der Waals surface area contributed by atoms with E-state index in [2.05, 4.69) is 241 Å². The summed E-state index contributed by atoms with van der Waals surface area (Å²) >= 11 is 1.88. The summed E-state index contributed by atoms with van der Waals surface area (Å²) in [4.78, 5) is 2.57. The molecule has 1 unspecified atom stereocenters. The van der Waals surface area contributed by atoms with E-state index >= 15 is 0 Å². The Hall–Kier alpha value is -7.50. The highest BCUT2D eigenvalue weighted by Crippen LogP contribution is 2.57. The number of hydrogen-bond acceptors (Lipinski definition) is 2. The van der Waals surface area contributed by atoms with Crippen LogP contribution < -0.4 is 15.3 Å². The standard InChI is InChI=1S/C61H42N2SSi/c1-65(2)57-32-13-10-26-49(57)61(48-25-9-6-21-43(48)45-24-14-17-39-18-15-27-51(61)59(39)45)50-35-33-42(38-58(50)65)62(54-29-16-31-56-60(54)46-23-8-12-30-55(46)64-56)41-34-36-53-47(37-41)44-22-7-11-28-52(44)63(53)40-19-4-3-5-20-40/h3-38H,1-2H3. The van der Waals surface area contributed by atoms with Gasteiger partial charge in [0.2, 0.25) is 0 Å². The van der Waals surface area contributed by atoms with Crippen molar-refractivity contribution in [3.05, 3.63) is 241 Å². The summed E-state index contributed by atoms with van der Waals surface area (Å²) in [6.45, 7) is 5.15. The SMILES string of the molecule is C[Si]1(C)c2ccccc2C2(c3ccccc3-c3cccc4cccc2c34)c2ccc(N(c3ccc4c(c3)c3ccccc3n4-c3ccccc3)c3cccc4sc5ccccc5c34)cc21. The molecule has 14 rings (SSSR count). The number of hydrogen-bond donors (Lipinski definition) is 0. The van der Waals surface area contributed by atoms with Gasteiger partial charge in [-0.3, -0.25) is 0 Å². The van der Waals surface area contributed by atoms with Crippen LogP contribution >= 0.6 is 11.3 Å². The van der Waals surface area contributed by atoms with E-state index in [0.29, 0.717) is 0 Å². The predicted molar refractivity (Wildman–Crippen MR) is 280 cm³/mol. The second kappa shape index (κ2) is 13.5. The summed E-state index contributed by atoms with van der Waals surface area (Å²) in [5.74, 6) is 0. The van der Waals surface area contributed by atoms with Gasteiger partial charge in [0.25, 0.3) is 0 Å². The number of thiophene rings is 1. The van der Waals surface area contributed by atoms with E-state index in [1.54, 1.807) is 0 Å². The Balaban J connectivity index is 1.08. The van der Waals surface area contributed by atoms with Crippen LogP contribution in [-0.2, 0) is 5.41 Å². The van der Waals surface area contributed by atoms with Crippen LogP contribution in [0.25, 0.3) is 69.6 Å². The lowest BCUT2D eigenvalue weighted by molar-refractivity contribution is 0.754. The summed E-state index contributed by atoms with van der Waals surface area (Å²) in [5.41, 5.74) is 14.8. The number of anilines is 3. The molecule has 1 aliphatic heterocycles. The summed E-state index contributed by atoms with van der Waals surface area (Å²) < 4.78 is 5.01. The van der Waals surface area contributed by atoms with Crippen LogP contribution in [0.2, 0.25) is 13.1 Å². The number of fused-ring (bicyclic) bond motifs is 14. The van der Waals surface area contributed by atoms with Crippen LogP contribution in [0.1, 0.15) is 22.3 Å². The molecule has 10 aromatic carbocycles. The third-order valence-electron chi connectivity index (χ3n) is 14.8. The quantitative estimate of drug-likeness (QED) is 0.160. The average Bonchev–Trinajstić information content (AvgIpc) is 3.91.